The predicted octanol–water partition coefficient (Wildman–Crippen LogP) is 3.52. The van der Waals surface area contributed by atoms with Crippen molar-refractivity contribution in [2.24, 2.45) is 0 Å². The van der Waals surface area contributed by atoms with Crippen LogP contribution >= 0.6 is 0 Å². The van der Waals surface area contributed by atoms with E-state index in [0.29, 0.717) is 5.69 Å². The van der Waals surface area contributed by atoms with Crippen LogP contribution in [0.15, 0.2) is 54.9 Å². The molecule has 1 amide bonds. The first-order valence-electron chi connectivity index (χ1n) is 7.97. The molecule has 2 aromatic rings. The number of benzene rings is 1. The molecule has 1 heterocycles. The van der Waals surface area contributed by atoms with Crippen LogP contribution < -0.4 is 4.90 Å². The number of carboxylic acid groups (broad SMARTS) is 1. The summed E-state index contributed by atoms with van der Waals surface area (Å²) in [5.74, 6) is -1.11. The topological polar surface area (TPSA) is 79.7 Å². The van der Waals surface area contributed by atoms with E-state index in [9.17, 15) is 14.7 Å². The molecule has 0 fully saturated rings. The minimum Gasteiger partial charge on any atom is -0.480 e. The number of nitrogens with zero attached hydrogens (tertiary/aromatic N) is 2. The largest absolute Gasteiger partial charge is 0.480 e. The average Bonchev–Trinajstić information content (AvgIpc) is 2.54. The molecule has 0 aliphatic heterocycles. The molecule has 0 radical (unpaired) electrons. The lowest BCUT2D eigenvalue weighted by molar-refractivity contribution is -0.138. The molecule has 0 unspecified atom stereocenters. The Labute approximate surface area is 147 Å². The van der Waals surface area contributed by atoms with Crippen LogP contribution in [0.5, 0.6) is 0 Å². The van der Waals surface area contributed by atoms with E-state index in [0.717, 1.165) is 5.56 Å². The molecule has 0 saturated carbocycles. The van der Waals surface area contributed by atoms with Crippen LogP contribution in [-0.2, 0) is 16.0 Å². The van der Waals surface area contributed by atoms with Gasteiger partial charge in [-0.05, 0) is 38.5 Å². The number of rotatable bonds is 5. The van der Waals surface area contributed by atoms with Gasteiger partial charge in [-0.1, -0.05) is 30.3 Å². The lowest BCUT2D eigenvalue weighted by Crippen LogP contribution is -2.48. The van der Waals surface area contributed by atoms with Crippen molar-refractivity contribution >= 4 is 17.7 Å². The molecule has 0 spiro atoms. The van der Waals surface area contributed by atoms with E-state index >= 15 is 0 Å². The number of aliphatic carboxylic acids is 1. The van der Waals surface area contributed by atoms with Gasteiger partial charge in [-0.3, -0.25) is 9.88 Å². The van der Waals surface area contributed by atoms with Crippen LogP contribution in [0.1, 0.15) is 26.3 Å². The van der Waals surface area contributed by atoms with Crippen LogP contribution in [0.4, 0.5) is 10.5 Å². The van der Waals surface area contributed by atoms with E-state index in [1.165, 1.54) is 17.3 Å². The van der Waals surface area contributed by atoms with Gasteiger partial charge in [0.05, 0.1) is 5.69 Å². The number of carbonyl (C=O) groups excluding carboxylic acids is 1. The lowest BCUT2D eigenvalue weighted by atomic mass is 10.0. The van der Waals surface area contributed by atoms with Crippen molar-refractivity contribution in [1.82, 2.24) is 4.98 Å². The maximum Gasteiger partial charge on any atom is 0.415 e. The maximum absolute atomic E-state index is 12.7. The molecule has 0 aliphatic carbocycles. The minimum atomic E-state index is -1.11. The van der Waals surface area contributed by atoms with Crippen LogP contribution in [0.25, 0.3) is 0 Å². The summed E-state index contributed by atoms with van der Waals surface area (Å²) in [5, 5.41) is 9.75. The Balaban J connectivity index is 2.40. The maximum atomic E-state index is 12.7. The van der Waals surface area contributed by atoms with E-state index in [1.807, 2.05) is 30.3 Å². The van der Waals surface area contributed by atoms with E-state index in [1.54, 1.807) is 32.9 Å². The van der Waals surface area contributed by atoms with Gasteiger partial charge < -0.3 is 9.84 Å². The SMILES string of the molecule is CC(C)(C)OC(=O)N(c1ccncc1)[C@H](Cc1ccccc1)C(=O)O. The fourth-order valence-electron chi connectivity index (χ4n) is 2.35. The summed E-state index contributed by atoms with van der Waals surface area (Å²) < 4.78 is 5.43. The van der Waals surface area contributed by atoms with Crippen molar-refractivity contribution in [1.29, 1.82) is 0 Å². The molecule has 1 aromatic carbocycles. The van der Waals surface area contributed by atoms with Gasteiger partial charge in [-0.15, -0.1) is 0 Å². The van der Waals surface area contributed by atoms with Gasteiger partial charge in [-0.2, -0.15) is 0 Å². The summed E-state index contributed by atoms with van der Waals surface area (Å²) in [6.07, 6.45) is 2.47. The number of amides is 1. The third-order valence-corrected chi connectivity index (χ3v) is 3.40. The first-order chi connectivity index (χ1) is 11.8. The number of carbonyl (C=O) groups is 2. The first-order valence-corrected chi connectivity index (χ1v) is 7.97. The Morgan fingerprint density at radius 2 is 1.72 bits per heavy atom. The van der Waals surface area contributed by atoms with Crippen molar-refractivity contribution in [3.8, 4) is 0 Å². The van der Waals surface area contributed by atoms with Gasteiger partial charge in [0.15, 0.2) is 0 Å². The zero-order valence-corrected chi connectivity index (χ0v) is 14.5. The molecular weight excluding hydrogens is 320 g/mol. The average molecular weight is 342 g/mol. The molecule has 2 rings (SSSR count). The van der Waals surface area contributed by atoms with E-state index in [-0.39, 0.29) is 6.42 Å². The highest BCUT2D eigenvalue weighted by molar-refractivity contribution is 5.95. The van der Waals surface area contributed by atoms with Crippen LogP contribution in [0.2, 0.25) is 0 Å². The Morgan fingerprint density at radius 1 is 1.12 bits per heavy atom. The second kappa shape index (κ2) is 7.79. The summed E-state index contributed by atoms with van der Waals surface area (Å²) in [4.78, 5) is 29.7. The summed E-state index contributed by atoms with van der Waals surface area (Å²) in [7, 11) is 0. The highest BCUT2D eigenvalue weighted by Gasteiger charge is 2.34. The van der Waals surface area contributed by atoms with Gasteiger partial charge >= 0.3 is 12.1 Å². The molecule has 132 valence electrons. The third kappa shape index (κ3) is 5.31. The fraction of sp³-hybridized carbons (Fsp3) is 0.316. The second-order valence-corrected chi connectivity index (χ2v) is 6.60. The Morgan fingerprint density at radius 3 is 2.24 bits per heavy atom. The summed E-state index contributed by atoms with van der Waals surface area (Å²) in [5.41, 5.74) is 0.503. The van der Waals surface area contributed by atoms with Gasteiger partial charge in [0, 0.05) is 18.8 Å². The molecule has 6 heteroatoms. The van der Waals surface area contributed by atoms with E-state index in [2.05, 4.69) is 4.98 Å². The molecule has 1 atom stereocenters. The monoisotopic (exact) mass is 342 g/mol. The molecule has 6 nitrogen and oxygen atoms in total. The van der Waals surface area contributed by atoms with E-state index in [4.69, 9.17) is 4.74 Å². The number of carboxylic acids is 1. The Kier molecular flexibility index (Phi) is 5.75. The Hall–Kier alpha value is -2.89. The van der Waals surface area contributed by atoms with Crippen molar-refractivity contribution in [2.75, 3.05) is 4.90 Å². The highest BCUT2D eigenvalue weighted by Crippen LogP contribution is 2.22. The molecule has 1 N–H and O–H groups in total. The quantitative estimate of drug-likeness (QED) is 0.899. The number of hydrogen-bond acceptors (Lipinski definition) is 4. The zero-order chi connectivity index (χ0) is 18.4. The molecule has 0 bridgehead atoms. The highest BCUT2D eigenvalue weighted by atomic mass is 16.6. The normalized spacial score (nSPS) is 12.3. The smallest absolute Gasteiger partial charge is 0.415 e. The first kappa shape index (κ1) is 18.4. The Bertz CT molecular complexity index is 711. The summed E-state index contributed by atoms with van der Waals surface area (Å²) >= 11 is 0. The van der Waals surface area contributed by atoms with Gasteiger partial charge in [0.2, 0.25) is 0 Å². The summed E-state index contributed by atoms with van der Waals surface area (Å²) in [6.45, 7) is 5.22. The molecule has 0 saturated heterocycles. The standard InChI is InChI=1S/C19H22N2O4/c1-19(2,3)25-18(24)21(15-9-11-20-12-10-15)16(17(22)23)13-14-7-5-4-6-8-14/h4-12,16H,13H2,1-3H3,(H,22,23)/t16-/m1/s1. The second-order valence-electron chi connectivity index (χ2n) is 6.60. The van der Waals surface area contributed by atoms with Crippen molar-refractivity contribution in [3.05, 3.63) is 60.4 Å². The van der Waals surface area contributed by atoms with Gasteiger partial charge in [0.25, 0.3) is 0 Å². The number of hydrogen-bond donors (Lipinski definition) is 1. The van der Waals surface area contributed by atoms with Crippen molar-refractivity contribution < 1.29 is 19.4 Å². The molecule has 25 heavy (non-hydrogen) atoms. The fourth-order valence-corrected chi connectivity index (χ4v) is 2.35. The molecule has 0 aliphatic rings. The van der Waals surface area contributed by atoms with Gasteiger partial charge in [-0.25, -0.2) is 9.59 Å². The van der Waals surface area contributed by atoms with Crippen molar-refractivity contribution in [3.63, 3.8) is 0 Å². The van der Waals surface area contributed by atoms with Crippen LogP contribution in [0, 0.1) is 0 Å². The molecular formula is C19H22N2O4. The third-order valence-electron chi connectivity index (χ3n) is 3.40. The molecule has 1 aromatic heterocycles. The minimum absolute atomic E-state index is 0.164. The van der Waals surface area contributed by atoms with E-state index < -0.39 is 23.7 Å². The zero-order valence-electron chi connectivity index (χ0n) is 14.5. The van der Waals surface area contributed by atoms with Crippen LogP contribution in [-0.4, -0.2) is 33.8 Å². The number of anilines is 1. The lowest BCUT2D eigenvalue weighted by Gasteiger charge is -2.31. The van der Waals surface area contributed by atoms with Crippen molar-refractivity contribution in [2.45, 2.75) is 38.8 Å². The van der Waals surface area contributed by atoms with Crippen LogP contribution in [0.3, 0.4) is 0 Å². The number of pyridine rings is 1. The number of aromatic nitrogens is 1. The predicted molar refractivity (Wildman–Crippen MR) is 94.5 cm³/mol. The number of ether oxygens (including phenoxy) is 1. The summed E-state index contributed by atoms with van der Waals surface area (Å²) in [6, 6.07) is 11.3. The van der Waals surface area contributed by atoms with Gasteiger partial charge in [0.1, 0.15) is 11.6 Å².